The summed E-state index contributed by atoms with van der Waals surface area (Å²) in [6.45, 7) is 0. The molecule has 5 nitrogen and oxygen atoms in total. The van der Waals surface area contributed by atoms with E-state index in [4.69, 9.17) is 0 Å². The van der Waals surface area contributed by atoms with Crippen molar-refractivity contribution in [2.75, 3.05) is 5.43 Å². The van der Waals surface area contributed by atoms with Crippen molar-refractivity contribution < 1.29 is 9.18 Å². The molecule has 0 unspecified atom stereocenters. The van der Waals surface area contributed by atoms with Crippen LogP contribution in [0.25, 0.3) is 27.4 Å². The summed E-state index contributed by atoms with van der Waals surface area (Å²) in [6.07, 6.45) is 4.21. The minimum atomic E-state index is -0.472. The number of hydrogen-bond donors (Lipinski definition) is 1. The van der Waals surface area contributed by atoms with Gasteiger partial charge in [0.2, 0.25) is 0 Å². The lowest BCUT2D eigenvalue weighted by Crippen LogP contribution is -2.32. The Morgan fingerprint density at radius 1 is 1.07 bits per heavy atom. The summed E-state index contributed by atoms with van der Waals surface area (Å²) >= 11 is 1.37. The van der Waals surface area contributed by atoms with Gasteiger partial charge in [-0.05, 0) is 36.4 Å². The van der Waals surface area contributed by atoms with Crippen LogP contribution in [0.1, 0.15) is 4.88 Å². The largest absolute Gasteiger partial charge is 0.280 e. The summed E-state index contributed by atoms with van der Waals surface area (Å²) in [6, 6.07) is 17.0. The number of hydrogen-bond acceptors (Lipinski definition) is 4. The van der Waals surface area contributed by atoms with Gasteiger partial charge < -0.3 is 0 Å². The molecule has 0 aliphatic heterocycles. The Labute approximate surface area is 163 Å². The van der Waals surface area contributed by atoms with Gasteiger partial charge in [-0.3, -0.25) is 15.0 Å². The first-order valence-corrected chi connectivity index (χ1v) is 9.24. The fourth-order valence-corrected chi connectivity index (χ4v) is 3.65. The molecule has 0 spiro atoms. The molecule has 1 amide bonds. The average molecular weight is 391 g/mol. The van der Waals surface area contributed by atoms with Crippen molar-refractivity contribution >= 4 is 34.2 Å². The van der Waals surface area contributed by atoms with Crippen LogP contribution in [0, 0.1) is 5.82 Å². The summed E-state index contributed by atoms with van der Waals surface area (Å²) < 4.78 is 14.9. The van der Waals surface area contributed by atoms with E-state index in [9.17, 15) is 14.0 Å². The maximum absolute atomic E-state index is 13.9. The van der Waals surface area contributed by atoms with E-state index in [1.54, 1.807) is 60.7 Å². The molecular weight excluding hydrogens is 377 g/mol. The van der Waals surface area contributed by atoms with Gasteiger partial charge in [0.25, 0.3) is 11.5 Å². The van der Waals surface area contributed by atoms with Gasteiger partial charge >= 0.3 is 0 Å². The molecule has 138 valence electrons. The first-order chi connectivity index (χ1) is 13.6. The maximum Gasteiger partial charge on any atom is 0.280 e. The van der Waals surface area contributed by atoms with E-state index >= 15 is 0 Å². The van der Waals surface area contributed by atoms with Crippen LogP contribution in [0.5, 0.6) is 0 Å². The summed E-state index contributed by atoms with van der Waals surface area (Å²) in [4.78, 5) is 30.3. The first-order valence-electron chi connectivity index (χ1n) is 8.42. The van der Waals surface area contributed by atoms with E-state index < -0.39 is 5.91 Å². The molecule has 0 aliphatic rings. The van der Waals surface area contributed by atoms with Crippen LogP contribution >= 0.6 is 11.3 Å². The van der Waals surface area contributed by atoms with E-state index in [0.29, 0.717) is 16.5 Å². The standard InChI is InChI=1S/C21H14FN3O2S/c22-17-7-3-1-5-15(17)19-11-9-14(28-19)10-12-20(26)24-25-13-23-18-8-4-2-6-16(18)21(25)27/h1-13H,(H,24,26)/b12-10+. The number of carbonyl (C=O) groups is 1. The number of halogens is 1. The van der Waals surface area contributed by atoms with Crippen molar-refractivity contribution in [2.24, 2.45) is 0 Å². The van der Waals surface area contributed by atoms with Gasteiger partial charge in [-0.25, -0.2) is 14.1 Å². The predicted octanol–water partition coefficient (Wildman–Crippen LogP) is 4.05. The molecule has 0 atom stereocenters. The number of fused-ring (bicyclic) bond motifs is 1. The highest BCUT2D eigenvalue weighted by Gasteiger charge is 2.07. The molecule has 2 aromatic heterocycles. The molecule has 0 radical (unpaired) electrons. The number of benzene rings is 2. The molecule has 2 heterocycles. The molecule has 7 heteroatoms. The van der Waals surface area contributed by atoms with Gasteiger partial charge in [0.1, 0.15) is 12.1 Å². The third-order valence-electron chi connectivity index (χ3n) is 4.06. The van der Waals surface area contributed by atoms with Crippen LogP contribution in [-0.2, 0) is 4.79 Å². The number of nitrogens with one attached hydrogen (secondary N) is 1. The Bertz CT molecular complexity index is 1260. The lowest BCUT2D eigenvalue weighted by atomic mass is 10.2. The molecule has 28 heavy (non-hydrogen) atoms. The zero-order valence-corrected chi connectivity index (χ0v) is 15.3. The van der Waals surface area contributed by atoms with Crippen molar-refractivity contribution in [3.63, 3.8) is 0 Å². The molecule has 0 saturated carbocycles. The van der Waals surface area contributed by atoms with Crippen LogP contribution in [0.15, 0.2) is 77.9 Å². The fraction of sp³-hybridized carbons (Fsp3) is 0. The van der Waals surface area contributed by atoms with E-state index in [1.165, 1.54) is 29.8 Å². The van der Waals surface area contributed by atoms with Gasteiger partial charge in [0, 0.05) is 21.4 Å². The number of thiophene rings is 1. The van der Waals surface area contributed by atoms with Gasteiger partial charge in [0.05, 0.1) is 10.9 Å². The minimum Gasteiger partial charge on any atom is -0.268 e. The second-order valence-electron chi connectivity index (χ2n) is 5.93. The van der Waals surface area contributed by atoms with E-state index in [-0.39, 0.29) is 11.4 Å². The van der Waals surface area contributed by atoms with Gasteiger partial charge in [-0.15, -0.1) is 11.3 Å². The number of para-hydroxylation sites is 1. The second-order valence-corrected chi connectivity index (χ2v) is 7.04. The smallest absolute Gasteiger partial charge is 0.268 e. The number of rotatable bonds is 4. The van der Waals surface area contributed by atoms with Crippen molar-refractivity contribution in [2.45, 2.75) is 0 Å². The van der Waals surface area contributed by atoms with Crippen molar-refractivity contribution in [1.82, 2.24) is 9.66 Å². The first kappa shape index (κ1) is 17.8. The zero-order valence-electron chi connectivity index (χ0n) is 14.5. The van der Waals surface area contributed by atoms with E-state index in [0.717, 1.165) is 14.4 Å². The number of carbonyl (C=O) groups excluding carboxylic acids is 1. The topological polar surface area (TPSA) is 64.0 Å². The summed E-state index contributed by atoms with van der Waals surface area (Å²) in [7, 11) is 0. The van der Waals surface area contributed by atoms with E-state index in [1.807, 2.05) is 0 Å². The van der Waals surface area contributed by atoms with Crippen LogP contribution in [0.4, 0.5) is 4.39 Å². The van der Waals surface area contributed by atoms with Crippen LogP contribution < -0.4 is 11.0 Å². The molecule has 0 saturated heterocycles. The number of aromatic nitrogens is 2. The Hall–Kier alpha value is -3.58. The van der Waals surface area contributed by atoms with Crippen LogP contribution in [-0.4, -0.2) is 15.6 Å². The molecule has 0 fully saturated rings. The quantitative estimate of drug-likeness (QED) is 0.534. The van der Waals surface area contributed by atoms with Gasteiger partial charge in [-0.2, -0.15) is 0 Å². The van der Waals surface area contributed by atoms with Gasteiger partial charge in [0.15, 0.2) is 0 Å². The summed E-state index contributed by atoms with van der Waals surface area (Å²) in [5.41, 5.74) is 3.21. The predicted molar refractivity (Wildman–Crippen MR) is 109 cm³/mol. The third kappa shape index (κ3) is 3.60. The highest BCUT2D eigenvalue weighted by Crippen LogP contribution is 2.30. The average Bonchev–Trinajstić information content (AvgIpc) is 3.18. The highest BCUT2D eigenvalue weighted by molar-refractivity contribution is 7.16. The fourth-order valence-electron chi connectivity index (χ4n) is 2.71. The molecule has 0 bridgehead atoms. The normalized spacial score (nSPS) is 11.2. The molecule has 4 aromatic rings. The summed E-state index contributed by atoms with van der Waals surface area (Å²) in [5, 5.41) is 0.419. The SMILES string of the molecule is O=C(/C=C/c1ccc(-c2ccccc2F)s1)Nn1cnc2ccccc2c1=O. The number of amides is 1. The van der Waals surface area contributed by atoms with Crippen molar-refractivity contribution in [3.8, 4) is 10.4 Å². The van der Waals surface area contributed by atoms with Crippen molar-refractivity contribution in [1.29, 1.82) is 0 Å². The highest BCUT2D eigenvalue weighted by atomic mass is 32.1. The zero-order chi connectivity index (χ0) is 19.5. The van der Waals surface area contributed by atoms with Crippen LogP contribution in [0.2, 0.25) is 0 Å². The molecule has 0 aliphatic carbocycles. The Kier molecular flexibility index (Phi) is 4.82. The maximum atomic E-state index is 13.9. The lowest BCUT2D eigenvalue weighted by molar-refractivity contribution is -0.112. The van der Waals surface area contributed by atoms with Crippen LogP contribution in [0.3, 0.4) is 0 Å². The third-order valence-corrected chi connectivity index (χ3v) is 5.15. The Balaban J connectivity index is 1.50. The number of nitrogens with zero attached hydrogens (tertiary/aromatic N) is 2. The molecular formula is C21H14FN3O2S. The van der Waals surface area contributed by atoms with Gasteiger partial charge in [-0.1, -0.05) is 30.3 Å². The summed E-state index contributed by atoms with van der Waals surface area (Å²) in [5.74, 6) is -0.763. The van der Waals surface area contributed by atoms with Crippen molar-refractivity contribution in [3.05, 3.63) is 94.1 Å². The molecule has 1 N–H and O–H groups in total. The monoisotopic (exact) mass is 391 g/mol. The lowest BCUT2D eigenvalue weighted by Gasteiger charge is -2.06. The second kappa shape index (κ2) is 7.58. The Morgan fingerprint density at radius 2 is 1.86 bits per heavy atom. The Morgan fingerprint density at radius 3 is 2.71 bits per heavy atom. The van der Waals surface area contributed by atoms with E-state index in [2.05, 4.69) is 10.4 Å². The molecule has 2 aromatic carbocycles. The molecule has 4 rings (SSSR count). The minimum absolute atomic E-state index is 0.291.